The van der Waals surface area contributed by atoms with Crippen LogP contribution in [-0.4, -0.2) is 46.9 Å². The molecule has 1 rings (SSSR count). The van der Waals surface area contributed by atoms with E-state index < -0.39 is 32.7 Å². The number of carbonyl (C=O) groups is 2. The third-order valence-electron chi connectivity index (χ3n) is 2.35. The monoisotopic (exact) mass is 268 g/mol. The molecule has 92 valence electrons. The Labute approximate surface area is 99.2 Å². The molecule has 0 bridgehead atoms. The first-order chi connectivity index (χ1) is 7.19. The molecule has 0 N–H and O–H groups in total. The summed E-state index contributed by atoms with van der Waals surface area (Å²) in [5.74, 6) is 0. The van der Waals surface area contributed by atoms with Gasteiger partial charge in [0.05, 0.1) is 17.8 Å². The molecule has 3 amide bonds. The van der Waals surface area contributed by atoms with Gasteiger partial charge in [0.15, 0.2) is 0 Å². The van der Waals surface area contributed by atoms with E-state index in [1.54, 1.807) is 6.92 Å². The average Bonchev–Trinajstić information content (AvgIpc) is 2.41. The van der Waals surface area contributed by atoms with Crippen LogP contribution in [0.2, 0.25) is 0 Å². The van der Waals surface area contributed by atoms with Gasteiger partial charge >= 0.3 is 11.4 Å². The zero-order valence-electron chi connectivity index (χ0n) is 9.18. The molecule has 1 aliphatic rings. The normalized spacial score (nSPS) is 22.1. The minimum absolute atomic E-state index is 0.00683. The van der Waals surface area contributed by atoms with Crippen molar-refractivity contribution in [2.45, 2.75) is 32.1 Å². The first kappa shape index (κ1) is 13.2. The molecule has 1 unspecified atom stereocenters. The summed E-state index contributed by atoms with van der Waals surface area (Å²) < 4.78 is 24.4. The van der Waals surface area contributed by atoms with E-state index >= 15 is 0 Å². The van der Waals surface area contributed by atoms with Crippen LogP contribution in [0.5, 0.6) is 0 Å². The third kappa shape index (κ3) is 2.01. The van der Waals surface area contributed by atoms with E-state index in [4.69, 9.17) is 11.6 Å². The standard InChI is InChI=1S/C8H13ClN2O4S/c1-5(2)16(14,15)11-6(3)4-10(7(9)12)8(11)13/h5-6H,4H2,1-3H3. The molecule has 1 atom stereocenters. The van der Waals surface area contributed by atoms with Gasteiger partial charge in [0, 0.05) is 0 Å². The van der Waals surface area contributed by atoms with Crippen LogP contribution in [0, 0.1) is 0 Å². The summed E-state index contributed by atoms with van der Waals surface area (Å²) in [6.45, 7) is 4.49. The molecule has 0 aromatic rings. The smallest absolute Gasteiger partial charge is 0.255 e. The van der Waals surface area contributed by atoms with Crippen molar-refractivity contribution in [2.24, 2.45) is 0 Å². The first-order valence-electron chi connectivity index (χ1n) is 4.73. The van der Waals surface area contributed by atoms with Crippen molar-refractivity contribution in [3.63, 3.8) is 0 Å². The van der Waals surface area contributed by atoms with Crippen LogP contribution in [0.4, 0.5) is 9.59 Å². The molecule has 0 radical (unpaired) electrons. The molecule has 8 heteroatoms. The maximum Gasteiger partial charge on any atom is 0.341 e. The number of amides is 3. The summed E-state index contributed by atoms with van der Waals surface area (Å²) >= 11 is 5.18. The van der Waals surface area contributed by atoms with Gasteiger partial charge in [-0.15, -0.1) is 0 Å². The Hall–Kier alpha value is -0.820. The van der Waals surface area contributed by atoms with Gasteiger partial charge in [0.2, 0.25) is 10.0 Å². The van der Waals surface area contributed by atoms with E-state index in [2.05, 4.69) is 0 Å². The van der Waals surface area contributed by atoms with Gasteiger partial charge in [-0.3, -0.25) is 4.79 Å². The van der Waals surface area contributed by atoms with Gasteiger partial charge in [-0.25, -0.2) is 22.4 Å². The van der Waals surface area contributed by atoms with Crippen LogP contribution in [0.15, 0.2) is 0 Å². The Kier molecular flexibility index (Phi) is 3.49. The van der Waals surface area contributed by atoms with Crippen LogP contribution in [-0.2, 0) is 10.0 Å². The van der Waals surface area contributed by atoms with Crippen molar-refractivity contribution in [2.75, 3.05) is 6.54 Å². The number of imide groups is 1. The average molecular weight is 269 g/mol. The zero-order valence-corrected chi connectivity index (χ0v) is 10.7. The Morgan fingerprint density at radius 2 is 2.00 bits per heavy atom. The van der Waals surface area contributed by atoms with Gasteiger partial charge in [-0.05, 0) is 32.4 Å². The number of carbonyl (C=O) groups excluding carboxylic acids is 2. The molecule has 0 aliphatic carbocycles. The predicted octanol–water partition coefficient (Wildman–Crippen LogP) is 1.21. The molecular weight excluding hydrogens is 256 g/mol. The molecule has 1 heterocycles. The Bertz CT molecular complexity index is 420. The third-order valence-corrected chi connectivity index (χ3v) is 4.81. The molecule has 6 nitrogen and oxygen atoms in total. The van der Waals surface area contributed by atoms with Crippen LogP contribution in [0.1, 0.15) is 20.8 Å². The fourth-order valence-electron chi connectivity index (χ4n) is 1.46. The van der Waals surface area contributed by atoms with Crippen molar-refractivity contribution in [3.8, 4) is 0 Å². The maximum atomic E-state index is 11.8. The van der Waals surface area contributed by atoms with Gasteiger partial charge < -0.3 is 0 Å². The molecule has 0 aromatic heterocycles. The number of hydrogen-bond acceptors (Lipinski definition) is 4. The lowest BCUT2D eigenvalue weighted by atomic mass is 10.4. The molecule has 1 fully saturated rings. The second-order valence-electron chi connectivity index (χ2n) is 3.88. The highest BCUT2D eigenvalue weighted by molar-refractivity contribution is 7.90. The highest BCUT2D eigenvalue weighted by Gasteiger charge is 2.45. The lowest BCUT2D eigenvalue weighted by Gasteiger charge is -2.22. The van der Waals surface area contributed by atoms with Gasteiger partial charge in [-0.2, -0.15) is 0 Å². The second-order valence-corrected chi connectivity index (χ2v) is 6.57. The van der Waals surface area contributed by atoms with E-state index in [0.717, 1.165) is 4.31 Å². The van der Waals surface area contributed by atoms with Crippen LogP contribution >= 0.6 is 11.6 Å². The topological polar surface area (TPSA) is 74.8 Å². The molecule has 0 saturated carbocycles. The highest BCUT2D eigenvalue weighted by atomic mass is 35.5. The van der Waals surface area contributed by atoms with Crippen molar-refractivity contribution in [1.82, 2.24) is 9.21 Å². The van der Waals surface area contributed by atoms with Gasteiger partial charge in [-0.1, -0.05) is 0 Å². The van der Waals surface area contributed by atoms with E-state index in [0.29, 0.717) is 4.90 Å². The number of nitrogens with zero attached hydrogens (tertiary/aromatic N) is 2. The minimum atomic E-state index is -3.71. The Morgan fingerprint density at radius 3 is 2.31 bits per heavy atom. The molecular formula is C8H13ClN2O4S. The molecule has 1 saturated heterocycles. The second kappa shape index (κ2) is 4.21. The summed E-state index contributed by atoms with van der Waals surface area (Å²) in [7, 11) is -3.71. The first-order valence-corrected chi connectivity index (χ1v) is 6.62. The minimum Gasteiger partial charge on any atom is -0.255 e. The molecule has 0 spiro atoms. The van der Waals surface area contributed by atoms with E-state index in [1.165, 1.54) is 13.8 Å². The van der Waals surface area contributed by atoms with Gasteiger partial charge in [0.25, 0.3) is 0 Å². The number of hydrogen-bond donors (Lipinski definition) is 0. The fraction of sp³-hybridized carbons (Fsp3) is 0.750. The van der Waals surface area contributed by atoms with Crippen molar-refractivity contribution in [1.29, 1.82) is 0 Å². The van der Waals surface area contributed by atoms with Gasteiger partial charge in [0.1, 0.15) is 0 Å². The van der Waals surface area contributed by atoms with Crippen molar-refractivity contribution < 1.29 is 18.0 Å². The zero-order chi connectivity index (χ0) is 12.7. The summed E-state index contributed by atoms with van der Waals surface area (Å²) in [6.07, 6.45) is 0. The SMILES string of the molecule is CC1CN(C(=O)Cl)C(=O)N1S(=O)(=O)C(C)C. The van der Waals surface area contributed by atoms with Crippen molar-refractivity contribution in [3.05, 3.63) is 0 Å². The van der Waals surface area contributed by atoms with E-state index in [-0.39, 0.29) is 6.54 Å². The van der Waals surface area contributed by atoms with E-state index in [1.807, 2.05) is 0 Å². The quantitative estimate of drug-likeness (QED) is 0.557. The Balaban J connectivity index is 3.09. The van der Waals surface area contributed by atoms with Crippen molar-refractivity contribution >= 4 is 33.0 Å². The number of halogens is 1. The van der Waals surface area contributed by atoms with E-state index in [9.17, 15) is 18.0 Å². The maximum absolute atomic E-state index is 11.8. The predicted molar refractivity (Wildman–Crippen MR) is 58.7 cm³/mol. The summed E-state index contributed by atoms with van der Waals surface area (Å²) in [5, 5.41) is -1.68. The number of urea groups is 1. The summed E-state index contributed by atoms with van der Waals surface area (Å²) in [6, 6.07) is -1.45. The Morgan fingerprint density at radius 1 is 1.50 bits per heavy atom. The summed E-state index contributed by atoms with van der Waals surface area (Å²) in [5.41, 5.74) is 0. The number of sulfonamides is 1. The molecule has 16 heavy (non-hydrogen) atoms. The highest BCUT2D eigenvalue weighted by Crippen LogP contribution is 2.23. The molecule has 0 aromatic carbocycles. The lowest BCUT2D eigenvalue weighted by Crippen LogP contribution is -2.43. The van der Waals surface area contributed by atoms with Crippen LogP contribution in [0.25, 0.3) is 0 Å². The largest absolute Gasteiger partial charge is 0.341 e. The fourth-order valence-corrected chi connectivity index (χ4v) is 2.94. The number of rotatable bonds is 2. The molecule has 1 aliphatic heterocycles. The van der Waals surface area contributed by atoms with Crippen LogP contribution < -0.4 is 0 Å². The lowest BCUT2D eigenvalue weighted by molar-refractivity contribution is 0.205. The van der Waals surface area contributed by atoms with Crippen LogP contribution in [0.3, 0.4) is 0 Å². The summed E-state index contributed by atoms with van der Waals surface area (Å²) in [4.78, 5) is 23.3.